The van der Waals surface area contributed by atoms with Gasteiger partial charge in [0, 0.05) is 19.1 Å². The maximum Gasteiger partial charge on any atom is 0.419 e. The molecule has 0 fully saturated rings. The summed E-state index contributed by atoms with van der Waals surface area (Å²) in [6, 6.07) is 9.20. The molecule has 0 bridgehead atoms. The van der Waals surface area contributed by atoms with Crippen molar-refractivity contribution in [2.24, 2.45) is 5.73 Å². The Labute approximate surface area is 112 Å². The molecular formula is C13H21N3O3. The molecule has 6 nitrogen and oxygen atoms in total. The molecule has 6 heteroatoms. The number of hydrogen-bond donors (Lipinski definition) is 4. The Morgan fingerprint density at radius 3 is 2.58 bits per heavy atom. The van der Waals surface area contributed by atoms with Crippen LogP contribution in [0.3, 0.4) is 0 Å². The number of aliphatic hydroxyl groups excluding tert-OH is 1. The number of nitrogens with zero attached hydrogens (tertiary/aromatic N) is 1. The number of rotatable bonds is 7. The molecule has 5 N–H and O–H groups in total. The fourth-order valence-corrected chi connectivity index (χ4v) is 1.77. The van der Waals surface area contributed by atoms with Crippen LogP contribution in [-0.4, -0.2) is 46.6 Å². The van der Waals surface area contributed by atoms with Gasteiger partial charge in [-0.25, -0.2) is 9.80 Å². The van der Waals surface area contributed by atoms with E-state index in [9.17, 15) is 9.90 Å². The average Bonchev–Trinajstić information content (AvgIpc) is 2.38. The summed E-state index contributed by atoms with van der Waals surface area (Å²) in [6.07, 6.45) is -1.40. The van der Waals surface area contributed by atoms with Gasteiger partial charge >= 0.3 is 6.09 Å². The topological polar surface area (TPSA) is 98.8 Å². The van der Waals surface area contributed by atoms with E-state index in [1.165, 1.54) is 5.01 Å². The third-order valence-corrected chi connectivity index (χ3v) is 2.85. The number of hydrazine groups is 1. The number of aliphatic hydroxyl groups is 1. The summed E-state index contributed by atoms with van der Waals surface area (Å²) >= 11 is 0. The molecule has 0 aliphatic heterocycles. The van der Waals surface area contributed by atoms with Gasteiger partial charge in [-0.15, -0.1) is 0 Å². The molecule has 1 aromatic carbocycles. The summed E-state index contributed by atoms with van der Waals surface area (Å²) in [5, 5.41) is 20.0. The van der Waals surface area contributed by atoms with E-state index in [1.807, 2.05) is 30.3 Å². The number of nitrogens with one attached hydrogen (secondary N) is 1. The SMILES string of the molecule is CCN(C[C@H](O)[C@@H](N)Cc1ccccc1)NC(=O)O. The molecule has 0 unspecified atom stereocenters. The zero-order valence-corrected chi connectivity index (χ0v) is 11.0. The van der Waals surface area contributed by atoms with Gasteiger partial charge in [-0.05, 0) is 12.0 Å². The molecule has 0 heterocycles. The average molecular weight is 267 g/mol. The lowest BCUT2D eigenvalue weighted by atomic mass is 10.0. The Morgan fingerprint density at radius 2 is 2.05 bits per heavy atom. The van der Waals surface area contributed by atoms with Crippen LogP contribution in [0, 0.1) is 0 Å². The fraction of sp³-hybridized carbons (Fsp3) is 0.462. The van der Waals surface area contributed by atoms with Crippen molar-refractivity contribution in [3.63, 3.8) is 0 Å². The van der Waals surface area contributed by atoms with Crippen molar-refractivity contribution < 1.29 is 15.0 Å². The van der Waals surface area contributed by atoms with Gasteiger partial charge in [0.05, 0.1) is 6.10 Å². The van der Waals surface area contributed by atoms with E-state index in [0.29, 0.717) is 13.0 Å². The minimum Gasteiger partial charge on any atom is -0.464 e. The highest BCUT2D eigenvalue weighted by Gasteiger charge is 2.19. The van der Waals surface area contributed by atoms with Crippen LogP contribution >= 0.6 is 0 Å². The van der Waals surface area contributed by atoms with Gasteiger partial charge in [-0.3, -0.25) is 5.43 Å². The van der Waals surface area contributed by atoms with E-state index < -0.39 is 18.2 Å². The molecule has 106 valence electrons. The Morgan fingerprint density at radius 1 is 1.42 bits per heavy atom. The highest BCUT2D eigenvalue weighted by Crippen LogP contribution is 2.05. The van der Waals surface area contributed by atoms with Crippen molar-refractivity contribution in [3.8, 4) is 0 Å². The Bertz CT molecular complexity index is 386. The Balaban J connectivity index is 2.47. The van der Waals surface area contributed by atoms with Gasteiger partial charge in [0.15, 0.2) is 0 Å². The number of benzene rings is 1. The molecule has 2 atom stereocenters. The van der Waals surface area contributed by atoms with Crippen molar-refractivity contribution in [1.29, 1.82) is 0 Å². The molecule has 0 saturated carbocycles. The second-order valence-electron chi connectivity index (χ2n) is 4.38. The zero-order chi connectivity index (χ0) is 14.3. The predicted octanol–water partition coefficient (Wildman–Crippen LogP) is 0.422. The minimum absolute atomic E-state index is 0.163. The van der Waals surface area contributed by atoms with Gasteiger partial charge in [-0.2, -0.15) is 0 Å². The highest BCUT2D eigenvalue weighted by atomic mass is 16.4. The third-order valence-electron chi connectivity index (χ3n) is 2.85. The normalized spacial score (nSPS) is 14.1. The summed E-state index contributed by atoms with van der Waals surface area (Å²) in [5.74, 6) is 0. The van der Waals surface area contributed by atoms with E-state index in [2.05, 4.69) is 5.43 Å². The first kappa shape index (κ1) is 15.4. The molecular weight excluding hydrogens is 246 g/mol. The van der Waals surface area contributed by atoms with Gasteiger partial charge in [0.2, 0.25) is 0 Å². The van der Waals surface area contributed by atoms with Gasteiger partial charge in [0.25, 0.3) is 0 Å². The number of carbonyl (C=O) groups is 1. The maximum atomic E-state index is 10.5. The molecule has 1 rings (SSSR count). The van der Waals surface area contributed by atoms with Crippen molar-refractivity contribution >= 4 is 6.09 Å². The van der Waals surface area contributed by atoms with E-state index in [0.717, 1.165) is 5.56 Å². The van der Waals surface area contributed by atoms with Gasteiger partial charge in [-0.1, -0.05) is 37.3 Å². The lowest BCUT2D eigenvalue weighted by molar-refractivity contribution is 0.0666. The number of likely N-dealkylation sites (N-methyl/N-ethyl adjacent to an activating group) is 1. The quantitative estimate of drug-likeness (QED) is 0.537. The summed E-state index contributed by atoms with van der Waals surface area (Å²) in [4.78, 5) is 10.5. The third kappa shape index (κ3) is 5.69. The first-order valence-electron chi connectivity index (χ1n) is 6.25. The van der Waals surface area contributed by atoms with Crippen LogP contribution in [-0.2, 0) is 6.42 Å². The van der Waals surface area contributed by atoms with Gasteiger partial charge in [0.1, 0.15) is 0 Å². The fourth-order valence-electron chi connectivity index (χ4n) is 1.77. The van der Waals surface area contributed by atoms with E-state index in [-0.39, 0.29) is 6.54 Å². The van der Waals surface area contributed by atoms with Crippen molar-refractivity contribution in [2.75, 3.05) is 13.1 Å². The molecule has 19 heavy (non-hydrogen) atoms. The molecule has 1 amide bonds. The summed E-state index contributed by atoms with van der Waals surface area (Å²) in [5.41, 5.74) is 9.19. The van der Waals surface area contributed by atoms with Crippen molar-refractivity contribution in [3.05, 3.63) is 35.9 Å². The minimum atomic E-state index is -1.15. The first-order chi connectivity index (χ1) is 9.02. The van der Waals surface area contributed by atoms with Crippen LogP contribution in [0.25, 0.3) is 0 Å². The van der Waals surface area contributed by atoms with Crippen LogP contribution in [0.5, 0.6) is 0 Å². The molecule has 0 saturated heterocycles. The molecule has 0 radical (unpaired) electrons. The van der Waals surface area contributed by atoms with Crippen LogP contribution in [0.1, 0.15) is 12.5 Å². The molecule has 0 aliphatic carbocycles. The Kier molecular flexibility index (Phi) is 6.27. The van der Waals surface area contributed by atoms with E-state index in [1.54, 1.807) is 6.92 Å². The molecule has 0 spiro atoms. The standard InChI is InChI=1S/C13H21N3O3/c1-2-16(15-13(18)19)9-12(17)11(14)8-10-6-4-3-5-7-10/h3-7,11-12,15,17H,2,8-9,14H2,1H3,(H,18,19)/t11-,12-/m0/s1. The molecule has 0 aromatic heterocycles. The van der Waals surface area contributed by atoms with Crippen LogP contribution < -0.4 is 11.2 Å². The zero-order valence-electron chi connectivity index (χ0n) is 11.0. The number of amides is 1. The monoisotopic (exact) mass is 267 g/mol. The lowest BCUT2D eigenvalue weighted by Gasteiger charge is -2.26. The number of carboxylic acid groups (broad SMARTS) is 1. The second-order valence-corrected chi connectivity index (χ2v) is 4.38. The van der Waals surface area contributed by atoms with E-state index in [4.69, 9.17) is 10.8 Å². The highest BCUT2D eigenvalue weighted by molar-refractivity contribution is 5.63. The first-order valence-corrected chi connectivity index (χ1v) is 6.25. The second kappa shape index (κ2) is 7.73. The Hall–Kier alpha value is -1.63. The predicted molar refractivity (Wildman–Crippen MR) is 72.5 cm³/mol. The summed E-state index contributed by atoms with van der Waals surface area (Å²) in [6.45, 7) is 2.42. The summed E-state index contributed by atoms with van der Waals surface area (Å²) < 4.78 is 0. The van der Waals surface area contributed by atoms with Crippen molar-refractivity contribution in [2.45, 2.75) is 25.5 Å². The largest absolute Gasteiger partial charge is 0.464 e. The van der Waals surface area contributed by atoms with Gasteiger partial charge < -0.3 is 15.9 Å². The summed E-state index contributed by atoms with van der Waals surface area (Å²) in [7, 11) is 0. The van der Waals surface area contributed by atoms with Crippen LogP contribution in [0.2, 0.25) is 0 Å². The number of hydrogen-bond acceptors (Lipinski definition) is 4. The van der Waals surface area contributed by atoms with E-state index >= 15 is 0 Å². The lowest BCUT2D eigenvalue weighted by Crippen LogP contribution is -2.50. The van der Waals surface area contributed by atoms with Crippen molar-refractivity contribution in [1.82, 2.24) is 10.4 Å². The molecule has 0 aliphatic rings. The molecule has 1 aromatic rings. The number of nitrogens with two attached hydrogens (primary N) is 1. The van der Waals surface area contributed by atoms with Crippen LogP contribution in [0.4, 0.5) is 4.79 Å². The maximum absolute atomic E-state index is 10.5. The smallest absolute Gasteiger partial charge is 0.419 e. The van der Waals surface area contributed by atoms with Crippen LogP contribution in [0.15, 0.2) is 30.3 Å².